The molecule has 0 aliphatic carbocycles. The van der Waals surface area contributed by atoms with Gasteiger partial charge in [0.25, 0.3) is 0 Å². The summed E-state index contributed by atoms with van der Waals surface area (Å²) in [6, 6.07) is 2.96. The Balaban J connectivity index is 2.15. The van der Waals surface area contributed by atoms with E-state index < -0.39 is 4.92 Å². The van der Waals surface area contributed by atoms with E-state index in [-0.39, 0.29) is 17.6 Å². The van der Waals surface area contributed by atoms with Gasteiger partial charge in [-0.05, 0) is 18.9 Å². The first-order valence-electron chi connectivity index (χ1n) is 6.65. The molecule has 1 saturated heterocycles. The molecule has 0 unspecified atom stereocenters. The molecule has 0 saturated carbocycles. The first-order chi connectivity index (χ1) is 10.0. The number of carbonyl (C=O) groups is 1. The number of nitrogens with two attached hydrogens (primary N) is 1. The molecule has 2 rings (SSSR count). The summed E-state index contributed by atoms with van der Waals surface area (Å²) < 4.78 is 0. The molecule has 1 aromatic rings. The number of pyridine rings is 1. The summed E-state index contributed by atoms with van der Waals surface area (Å²) in [5.74, 6) is 5.92. The zero-order valence-electron chi connectivity index (χ0n) is 11.7. The molecule has 1 amide bonds. The average molecular weight is 294 g/mol. The number of hydrogen-bond acceptors (Lipinski definition) is 7. The van der Waals surface area contributed by atoms with Crippen LogP contribution in [-0.4, -0.2) is 34.9 Å². The molecule has 9 nitrogen and oxygen atoms in total. The number of nitrogen functional groups attached to an aromatic ring is 1. The van der Waals surface area contributed by atoms with Gasteiger partial charge in [-0.1, -0.05) is 0 Å². The van der Waals surface area contributed by atoms with Crippen molar-refractivity contribution in [2.75, 3.05) is 23.4 Å². The number of hydrazine groups is 1. The summed E-state index contributed by atoms with van der Waals surface area (Å²) in [5.41, 5.74) is 2.34. The third-order valence-corrected chi connectivity index (χ3v) is 3.40. The molecule has 9 heteroatoms. The van der Waals surface area contributed by atoms with Gasteiger partial charge in [0.15, 0.2) is 0 Å². The zero-order valence-corrected chi connectivity index (χ0v) is 11.7. The van der Waals surface area contributed by atoms with E-state index in [2.05, 4.69) is 15.7 Å². The number of amides is 1. The summed E-state index contributed by atoms with van der Waals surface area (Å²) in [7, 11) is 0. The van der Waals surface area contributed by atoms with E-state index in [0.717, 1.165) is 12.8 Å². The topological polar surface area (TPSA) is 126 Å². The molecular formula is C12H18N6O3. The van der Waals surface area contributed by atoms with E-state index in [9.17, 15) is 14.9 Å². The van der Waals surface area contributed by atoms with Gasteiger partial charge in [0, 0.05) is 32.1 Å². The van der Waals surface area contributed by atoms with Crippen molar-refractivity contribution < 1.29 is 9.72 Å². The van der Waals surface area contributed by atoms with Crippen molar-refractivity contribution in [1.82, 2.24) is 10.3 Å². The number of nitrogens with one attached hydrogen (secondary N) is 2. The number of carbonyl (C=O) groups excluding carboxylic acids is 1. The number of rotatable bonds is 4. The van der Waals surface area contributed by atoms with Crippen LogP contribution in [-0.2, 0) is 4.79 Å². The van der Waals surface area contributed by atoms with Crippen LogP contribution in [0.2, 0.25) is 0 Å². The van der Waals surface area contributed by atoms with Gasteiger partial charge in [0.2, 0.25) is 11.7 Å². The van der Waals surface area contributed by atoms with E-state index >= 15 is 0 Å². The predicted molar refractivity (Wildman–Crippen MR) is 77.8 cm³/mol. The lowest BCUT2D eigenvalue weighted by Gasteiger charge is -2.32. The number of aromatic nitrogens is 1. The Morgan fingerprint density at radius 3 is 2.67 bits per heavy atom. The Labute approximate surface area is 121 Å². The molecule has 1 aliphatic heterocycles. The summed E-state index contributed by atoms with van der Waals surface area (Å²) in [6.07, 6.45) is 1.44. The van der Waals surface area contributed by atoms with Crippen molar-refractivity contribution in [1.29, 1.82) is 0 Å². The number of nitrogens with zero attached hydrogens (tertiary/aromatic N) is 3. The molecule has 2 heterocycles. The summed E-state index contributed by atoms with van der Waals surface area (Å²) in [6.45, 7) is 2.66. The number of piperidine rings is 1. The van der Waals surface area contributed by atoms with Crippen LogP contribution < -0.4 is 21.5 Å². The van der Waals surface area contributed by atoms with Gasteiger partial charge in [-0.25, -0.2) is 10.8 Å². The summed E-state index contributed by atoms with van der Waals surface area (Å²) in [4.78, 5) is 27.7. The van der Waals surface area contributed by atoms with Crippen molar-refractivity contribution in [3.8, 4) is 0 Å². The molecule has 0 spiro atoms. The largest absolute Gasteiger partial charge is 0.353 e. The van der Waals surface area contributed by atoms with E-state index in [1.807, 2.05) is 4.90 Å². The molecule has 0 atom stereocenters. The number of hydrogen-bond donors (Lipinski definition) is 3. The van der Waals surface area contributed by atoms with Gasteiger partial charge in [0.05, 0.1) is 4.92 Å². The lowest BCUT2D eigenvalue weighted by molar-refractivity contribution is -0.384. The highest BCUT2D eigenvalue weighted by molar-refractivity contribution is 5.73. The van der Waals surface area contributed by atoms with Gasteiger partial charge < -0.3 is 15.6 Å². The van der Waals surface area contributed by atoms with Crippen LogP contribution in [0.25, 0.3) is 0 Å². The highest BCUT2D eigenvalue weighted by Crippen LogP contribution is 2.29. The number of anilines is 2. The second-order valence-corrected chi connectivity index (χ2v) is 4.90. The molecule has 4 N–H and O–H groups in total. The fourth-order valence-electron chi connectivity index (χ4n) is 2.42. The van der Waals surface area contributed by atoms with Crippen LogP contribution in [0.1, 0.15) is 19.8 Å². The predicted octanol–water partition coefficient (Wildman–Crippen LogP) is 0.380. The van der Waals surface area contributed by atoms with Crippen LogP contribution in [0.5, 0.6) is 0 Å². The maximum absolute atomic E-state index is 11.1. The molecular weight excluding hydrogens is 276 g/mol. The molecule has 1 aliphatic rings. The summed E-state index contributed by atoms with van der Waals surface area (Å²) in [5, 5.41) is 14.0. The van der Waals surface area contributed by atoms with Crippen molar-refractivity contribution in [2.24, 2.45) is 5.84 Å². The Morgan fingerprint density at radius 2 is 2.14 bits per heavy atom. The molecule has 21 heavy (non-hydrogen) atoms. The Bertz CT molecular complexity index is 542. The third-order valence-electron chi connectivity index (χ3n) is 3.40. The van der Waals surface area contributed by atoms with Crippen molar-refractivity contribution >= 4 is 23.2 Å². The van der Waals surface area contributed by atoms with Crippen molar-refractivity contribution in [3.63, 3.8) is 0 Å². The second kappa shape index (κ2) is 6.35. The van der Waals surface area contributed by atoms with Crippen molar-refractivity contribution in [3.05, 3.63) is 22.2 Å². The monoisotopic (exact) mass is 294 g/mol. The SMILES string of the molecule is CC(=O)NC1CCN(c2nc(NN)ccc2[N+](=O)[O-])CC1. The Morgan fingerprint density at radius 1 is 1.48 bits per heavy atom. The minimum Gasteiger partial charge on any atom is -0.353 e. The Kier molecular flexibility index (Phi) is 4.53. The van der Waals surface area contributed by atoms with Crippen LogP contribution in [0.4, 0.5) is 17.3 Å². The molecule has 0 bridgehead atoms. The smallest absolute Gasteiger partial charge is 0.311 e. The number of nitro groups is 1. The van der Waals surface area contributed by atoms with Gasteiger partial charge in [-0.3, -0.25) is 14.9 Å². The second-order valence-electron chi connectivity index (χ2n) is 4.90. The first kappa shape index (κ1) is 15.0. The van der Waals surface area contributed by atoms with Gasteiger partial charge in [-0.15, -0.1) is 0 Å². The lowest BCUT2D eigenvalue weighted by atomic mass is 10.0. The van der Waals surface area contributed by atoms with Crippen LogP contribution >= 0.6 is 0 Å². The van der Waals surface area contributed by atoms with E-state index in [1.165, 1.54) is 19.1 Å². The quantitative estimate of drug-likeness (QED) is 0.416. The molecule has 114 valence electrons. The molecule has 1 aromatic heterocycles. The maximum Gasteiger partial charge on any atom is 0.311 e. The molecule has 0 radical (unpaired) electrons. The maximum atomic E-state index is 11.1. The van der Waals surface area contributed by atoms with Gasteiger partial charge >= 0.3 is 5.69 Å². The third kappa shape index (κ3) is 3.57. The van der Waals surface area contributed by atoms with Gasteiger partial charge in [0.1, 0.15) is 5.82 Å². The fourth-order valence-corrected chi connectivity index (χ4v) is 2.42. The Hall–Kier alpha value is -2.42. The van der Waals surface area contributed by atoms with Crippen molar-refractivity contribution in [2.45, 2.75) is 25.8 Å². The lowest BCUT2D eigenvalue weighted by Crippen LogP contribution is -2.44. The summed E-state index contributed by atoms with van der Waals surface area (Å²) >= 11 is 0. The molecule has 0 aromatic carbocycles. The highest BCUT2D eigenvalue weighted by atomic mass is 16.6. The molecule has 1 fully saturated rings. The van der Waals surface area contributed by atoms with E-state index in [0.29, 0.717) is 24.7 Å². The first-order valence-corrected chi connectivity index (χ1v) is 6.65. The minimum atomic E-state index is -0.456. The minimum absolute atomic E-state index is 0.0491. The van der Waals surface area contributed by atoms with Crippen LogP contribution in [0, 0.1) is 10.1 Å². The average Bonchev–Trinajstić information content (AvgIpc) is 2.46. The standard InChI is InChI=1S/C12H18N6O3/c1-8(19)14-9-4-6-17(7-5-9)12-10(18(20)21)2-3-11(15-12)16-13/h2-3,9H,4-7,13H2,1H3,(H,14,19)(H,15,16). The highest BCUT2D eigenvalue weighted by Gasteiger charge is 2.26. The van der Waals surface area contributed by atoms with E-state index in [4.69, 9.17) is 5.84 Å². The van der Waals surface area contributed by atoms with Crippen LogP contribution in [0.15, 0.2) is 12.1 Å². The van der Waals surface area contributed by atoms with Gasteiger partial charge in [-0.2, -0.15) is 0 Å². The van der Waals surface area contributed by atoms with Crippen LogP contribution in [0.3, 0.4) is 0 Å². The normalized spacial score (nSPS) is 15.6. The fraction of sp³-hybridized carbons (Fsp3) is 0.500. The zero-order chi connectivity index (χ0) is 15.4. The van der Waals surface area contributed by atoms with E-state index in [1.54, 1.807) is 0 Å².